The molecular weight excluding hydrogens is 317 g/mol. The molecule has 1 aromatic heterocycles. The Hall–Kier alpha value is -2.63. The molecule has 1 aliphatic rings. The van der Waals surface area contributed by atoms with Gasteiger partial charge in [0.15, 0.2) is 5.96 Å². The summed E-state index contributed by atoms with van der Waals surface area (Å²) in [5.41, 5.74) is 2.11. The summed E-state index contributed by atoms with van der Waals surface area (Å²) in [7, 11) is 1.73. The van der Waals surface area contributed by atoms with E-state index < -0.39 is 0 Å². The summed E-state index contributed by atoms with van der Waals surface area (Å²) in [5.74, 6) is 1.53. The zero-order valence-electron chi connectivity index (χ0n) is 14.5. The average molecular weight is 341 g/mol. The zero-order valence-corrected chi connectivity index (χ0v) is 14.5. The molecular formula is C19H24FN5. The highest BCUT2D eigenvalue weighted by molar-refractivity contribution is 5.79. The van der Waals surface area contributed by atoms with Crippen molar-refractivity contribution in [2.24, 2.45) is 4.99 Å². The van der Waals surface area contributed by atoms with Gasteiger partial charge in [0.05, 0.1) is 0 Å². The fourth-order valence-corrected chi connectivity index (χ4v) is 2.85. The number of hydrogen-bond donors (Lipinski definition) is 2. The first kappa shape index (κ1) is 17.2. The Morgan fingerprint density at radius 3 is 2.28 bits per heavy atom. The van der Waals surface area contributed by atoms with E-state index in [0.29, 0.717) is 19.0 Å². The zero-order chi connectivity index (χ0) is 17.5. The standard InChI is InChI=1S/C19H24FN5/c1-21-19(23-12-15-4-7-17(20)8-5-15)24-14-16-6-9-18(22-13-16)25-10-2-3-11-25/h4-9,13H,2-3,10-12,14H2,1H3,(H2,21,23,24). The minimum absolute atomic E-state index is 0.226. The van der Waals surface area contributed by atoms with Gasteiger partial charge in [0.1, 0.15) is 11.6 Å². The molecule has 0 atom stereocenters. The lowest BCUT2D eigenvalue weighted by atomic mass is 10.2. The summed E-state index contributed by atoms with van der Waals surface area (Å²) >= 11 is 0. The van der Waals surface area contributed by atoms with Crippen LogP contribution >= 0.6 is 0 Å². The van der Waals surface area contributed by atoms with Crippen molar-refractivity contribution < 1.29 is 4.39 Å². The maximum Gasteiger partial charge on any atom is 0.191 e. The van der Waals surface area contributed by atoms with Crippen molar-refractivity contribution in [1.29, 1.82) is 0 Å². The van der Waals surface area contributed by atoms with E-state index in [1.165, 1.54) is 25.0 Å². The topological polar surface area (TPSA) is 52.6 Å². The number of nitrogens with zero attached hydrogens (tertiary/aromatic N) is 3. The Labute approximate surface area is 148 Å². The van der Waals surface area contributed by atoms with Gasteiger partial charge < -0.3 is 15.5 Å². The fourth-order valence-electron chi connectivity index (χ4n) is 2.85. The van der Waals surface area contributed by atoms with Crippen molar-refractivity contribution in [3.05, 3.63) is 59.5 Å². The highest BCUT2D eigenvalue weighted by Crippen LogP contribution is 2.17. The first-order chi connectivity index (χ1) is 12.2. The summed E-state index contributed by atoms with van der Waals surface area (Å²) in [6, 6.07) is 10.6. The van der Waals surface area contributed by atoms with Crippen LogP contribution in [0.4, 0.5) is 10.2 Å². The summed E-state index contributed by atoms with van der Waals surface area (Å²) in [6.45, 7) is 3.44. The van der Waals surface area contributed by atoms with Gasteiger partial charge >= 0.3 is 0 Å². The first-order valence-corrected chi connectivity index (χ1v) is 8.63. The highest BCUT2D eigenvalue weighted by Gasteiger charge is 2.12. The lowest BCUT2D eigenvalue weighted by molar-refractivity contribution is 0.626. The van der Waals surface area contributed by atoms with Crippen molar-refractivity contribution in [2.75, 3.05) is 25.0 Å². The van der Waals surface area contributed by atoms with E-state index in [0.717, 1.165) is 30.0 Å². The molecule has 1 aliphatic heterocycles. The van der Waals surface area contributed by atoms with E-state index in [-0.39, 0.29) is 5.82 Å². The third-order valence-electron chi connectivity index (χ3n) is 4.30. The van der Waals surface area contributed by atoms with Crippen molar-refractivity contribution >= 4 is 11.8 Å². The number of halogens is 1. The van der Waals surface area contributed by atoms with Crippen LogP contribution < -0.4 is 15.5 Å². The molecule has 0 aliphatic carbocycles. The molecule has 3 rings (SSSR count). The minimum Gasteiger partial charge on any atom is -0.357 e. The molecule has 0 amide bonds. The van der Waals surface area contributed by atoms with E-state index in [4.69, 9.17) is 0 Å². The molecule has 2 heterocycles. The SMILES string of the molecule is CN=C(NCc1ccc(F)cc1)NCc1ccc(N2CCCC2)nc1. The number of anilines is 1. The Bertz CT molecular complexity index is 691. The molecule has 2 aromatic rings. The molecule has 25 heavy (non-hydrogen) atoms. The second-order valence-electron chi connectivity index (χ2n) is 6.12. The average Bonchev–Trinajstić information content (AvgIpc) is 3.18. The van der Waals surface area contributed by atoms with Gasteiger partial charge in [-0.05, 0) is 42.2 Å². The monoisotopic (exact) mass is 341 g/mol. The predicted octanol–water partition coefficient (Wildman–Crippen LogP) is 2.69. The molecule has 2 N–H and O–H groups in total. The van der Waals surface area contributed by atoms with E-state index in [1.807, 2.05) is 6.20 Å². The van der Waals surface area contributed by atoms with Crippen molar-refractivity contribution in [3.8, 4) is 0 Å². The van der Waals surface area contributed by atoms with E-state index >= 15 is 0 Å². The Morgan fingerprint density at radius 2 is 1.68 bits per heavy atom. The Kier molecular flexibility index (Phi) is 5.82. The molecule has 132 valence electrons. The number of hydrogen-bond acceptors (Lipinski definition) is 3. The summed E-state index contributed by atoms with van der Waals surface area (Å²) < 4.78 is 12.9. The van der Waals surface area contributed by atoms with Gasteiger partial charge in [-0.1, -0.05) is 18.2 Å². The van der Waals surface area contributed by atoms with Gasteiger partial charge in [0.2, 0.25) is 0 Å². The first-order valence-electron chi connectivity index (χ1n) is 8.63. The quantitative estimate of drug-likeness (QED) is 0.648. The second kappa shape index (κ2) is 8.46. The third-order valence-corrected chi connectivity index (χ3v) is 4.30. The molecule has 1 fully saturated rings. The van der Waals surface area contributed by atoms with E-state index in [2.05, 4.69) is 37.6 Å². The normalized spacial score (nSPS) is 14.6. The smallest absolute Gasteiger partial charge is 0.191 e. The molecule has 0 spiro atoms. The fraction of sp³-hybridized carbons (Fsp3) is 0.368. The third kappa shape index (κ3) is 4.92. The van der Waals surface area contributed by atoms with Crippen LogP contribution in [-0.4, -0.2) is 31.1 Å². The molecule has 0 bridgehead atoms. The van der Waals surface area contributed by atoms with Gasteiger partial charge in [0.25, 0.3) is 0 Å². The highest BCUT2D eigenvalue weighted by atomic mass is 19.1. The Balaban J connectivity index is 1.48. The summed E-state index contributed by atoms with van der Waals surface area (Å²) in [6.07, 6.45) is 4.41. The maximum absolute atomic E-state index is 12.9. The molecule has 5 nitrogen and oxygen atoms in total. The number of benzene rings is 1. The summed E-state index contributed by atoms with van der Waals surface area (Å²) in [4.78, 5) is 11.1. The lowest BCUT2D eigenvalue weighted by Gasteiger charge is -2.16. The van der Waals surface area contributed by atoms with Gasteiger partial charge in [-0.15, -0.1) is 0 Å². The number of aromatic nitrogens is 1. The van der Waals surface area contributed by atoms with Gasteiger partial charge in [0, 0.05) is 39.4 Å². The van der Waals surface area contributed by atoms with Crippen LogP contribution in [0, 0.1) is 5.82 Å². The maximum atomic E-state index is 12.9. The number of guanidine groups is 1. The van der Waals surface area contributed by atoms with Crippen molar-refractivity contribution in [3.63, 3.8) is 0 Å². The predicted molar refractivity (Wildman–Crippen MR) is 99.1 cm³/mol. The second-order valence-corrected chi connectivity index (χ2v) is 6.12. The van der Waals surface area contributed by atoms with E-state index in [9.17, 15) is 4.39 Å². The van der Waals surface area contributed by atoms with Crippen LogP contribution in [0.15, 0.2) is 47.6 Å². The summed E-state index contributed by atoms with van der Waals surface area (Å²) in [5, 5.41) is 6.49. The van der Waals surface area contributed by atoms with Crippen LogP contribution in [0.5, 0.6) is 0 Å². The van der Waals surface area contributed by atoms with Crippen LogP contribution in [0.2, 0.25) is 0 Å². The molecule has 1 saturated heterocycles. The molecule has 1 aromatic carbocycles. The van der Waals surface area contributed by atoms with Crippen LogP contribution in [0.25, 0.3) is 0 Å². The van der Waals surface area contributed by atoms with Gasteiger partial charge in [-0.2, -0.15) is 0 Å². The van der Waals surface area contributed by atoms with Crippen LogP contribution in [-0.2, 0) is 13.1 Å². The van der Waals surface area contributed by atoms with Crippen molar-refractivity contribution in [1.82, 2.24) is 15.6 Å². The van der Waals surface area contributed by atoms with Crippen molar-refractivity contribution in [2.45, 2.75) is 25.9 Å². The molecule has 0 saturated carbocycles. The van der Waals surface area contributed by atoms with E-state index in [1.54, 1.807) is 19.2 Å². The van der Waals surface area contributed by atoms with Gasteiger partial charge in [-0.25, -0.2) is 9.37 Å². The Morgan fingerprint density at radius 1 is 1.04 bits per heavy atom. The van der Waals surface area contributed by atoms with Gasteiger partial charge in [-0.3, -0.25) is 4.99 Å². The largest absolute Gasteiger partial charge is 0.357 e. The number of rotatable bonds is 5. The van der Waals surface area contributed by atoms with Crippen LogP contribution in [0.1, 0.15) is 24.0 Å². The molecule has 0 unspecified atom stereocenters. The molecule has 0 radical (unpaired) electrons. The van der Waals surface area contributed by atoms with Crippen LogP contribution in [0.3, 0.4) is 0 Å². The minimum atomic E-state index is -0.226. The number of pyridine rings is 1. The number of nitrogens with one attached hydrogen (secondary N) is 2. The molecule has 6 heteroatoms. The lowest BCUT2D eigenvalue weighted by Crippen LogP contribution is -2.36. The number of aliphatic imine (C=N–C) groups is 1.